The third kappa shape index (κ3) is 3.22. The molecule has 0 saturated carbocycles. The second kappa shape index (κ2) is 5.39. The second-order valence-corrected chi connectivity index (χ2v) is 4.02. The van der Waals surface area contributed by atoms with Crippen LogP contribution in [0.4, 0.5) is 10.1 Å². The zero-order valence-corrected chi connectivity index (χ0v) is 9.93. The van der Waals surface area contributed by atoms with Gasteiger partial charge in [-0.2, -0.15) is 0 Å². The monoisotopic (exact) mass is 261 g/mol. The lowest BCUT2D eigenvalue weighted by molar-refractivity contribution is -0.115. The van der Waals surface area contributed by atoms with Crippen molar-refractivity contribution in [2.24, 2.45) is 0 Å². The van der Waals surface area contributed by atoms with Gasteiger partial charge in [0.25, 0.3) is 0 Å². The second-order valence-electron chi connectivity index (χ2n) is 4.02. The van der Waals surface area contributed by atoms with Crippen LogP contribution in [0.1, 0.15) is 5.56 Å². The van der Waals surface area contributed by atoms with Crippen LogP contribution in [0.2, 0.25) is 0 Å². The number of amides is 1. The Labute approximate surface area is 109 Å². The van der Waals surface area contributed by atoms with Gasteiger partial charge in [-0.25, -0.2) is 4.39 Å². The molecule has 19 heavy (non-hydrogen) atoms. The smallest absolute Gasteiger partial charge is 0.229 e. The Morgan fingerprint density at radius 2 is 1.89 bits per heavy atom. The van der Waals surface area contributed by atoms with Gasteiger partial charge in [0, 0.05) is 11.6 Å². The van der Waals surface area contributed by atoms with Crippen LogP contribution in [0.15, 0.2) is 42.5 Å². The van der Waals surface area contributed by atoms with Crippen LogP contribution in [0.5, 0.6) is 11.5 Å². The van der Waals surface area contributed by atoms with Crippen molar-refractivity contribution in [2.45, 2.75) is 6.42 Å². The van der Waals surface area contributed by atoms with Crippen molar-refractivity contribution in [3.8, 4) is 11.5 Å². The number of hydrogen-bond donors (Lipinski definition) is 3. The third-order valence-corrected chi connectivity index (χ3v) is 2.57. The number of para-hydroxylation sites is 1. The number of phenols is 2. The Morgan fingerprint density at radius 1 is 1.16 bits per heavy atom. The standard InChI is InChI=1S/C14H12FNO3/c15-11-8-10(17)5-6-12(11)16-14(19)7-9-3-1-2-4-13(9)18/h1-6,8,17-18H,7H2,(H,16,19). The van der Waals surface area contributed by atoms with Gasteiger partial charge in [-0.1, -0.05) is 18.2 Å². The van der Waals surface area contributed by atoms with Crippen molar-refractivity contribution in [1.82, 2.24) is 0 Å². The molecule has 3 N–H and O–H groups in total. The van der Waals surface area contributed by atoms with E-state index in [0.29, 0.717) is 5.56 Å². The van der Waals surface area contributed by atoms with Crippen molar-refractivity contribution in [2.75, 3.05) is 5.32 Å². The van der Waals surface area contributed by atoms with Crippen molar-refractivity contribution in [3.63, 3.8) is 0 Å². The van der Waals surface area contributed by atoms with Crippen molar-refractivity contribution >= 4 is 11.6 Å². The molecule has 5 heteroatoms. The van der Waals surface area contributed by atoms with Crippen molar-refractivity contribution in [1.29, 1.82) is 0 Å². The number of phenolic OH excluding ortho intramolecular Hbond substituents is 2. The van der Waals surface area contributed by atoms with Gasteiger partial charge in [-0.3, -0.25) is 4.79 Å². The first kappa shape index (κ1) is 12.9. The van der Waals surface area contributed by atoms with Gasteiger partial charge in [-0.05, 0) is 18.2 Å². The van der Waals surface area contributed by atoms with Crippen molar-refractivity contribution in [3.05, 3.63) is 53.8 Å². The first-order chi connectivity index (χ1) is 9.06. The summed E-state index contributed by atoms with van der Waals surface area (Å²) >= 11 is 0. The fourth-order valence-electron chi connectivity index (χ4n) is 1.63. The summed E-state index contributed by atoms with van der Waals surface area (Å²) in [5, 5.41) is 21.0. The molecule has 0 unspecified atom stereocenters. The molecular weight excluding hydrogens is 249 g/mol. The maximum Gasteiger partial charge on any atom is 0.229 e. The van der Waals surface area contributed by atoms with Crippen LogP contribution in [0, 0.1) is 5.82 Å². The molecule has 0 aromatic heterocycles. The van der Waals surface area contributed by atoms with Gasteiger partial charge in [0.15, 0.2) is 0 Å². The predicted octanol–water partition coefficient (Wildman–Crippen LogP) is 2.42. The van der Waals surface area contributed by atoms with E-state index in [1.807, 2.05) is 0 Å². The van der Waals surface area contributed by atoms with E-state index < -0.39 is 11.7 Å². The summed E-state index contributed by atoms with van der Waals surface area (Å²) in [6.45, 7) is 0. The van der Waals surface area contributed by atoms with Gasteiger partial charge >= 0.3 is 0 Å². The van der Waals surface area contributed by atoms with Crippen LogP contribution < -0.4 is 5.32 Å². The van der Waals surface area contributed by atoms with Crippen LogP contribution in [0.25, 0.3) is 0 Å². The van der Waals surface area contributed by atoms with E-state index in [1.54, 1.807) is 18.2 Å². The molecule has 0 radical (unpaired) electrons. The molecule has 0 aliphatic heterocycles. The predicted molar refractivity (Wildman–Crippen MR) is 68.5 cm³/mol. The first-order valence-electron chi connectivity index (χ1n) is 5.61. The molecule has 0 saturated heterocycles. The fraction of sp³-hybridized carbons (Fsp3) is 0.0714. The largest absolute Gasteiger partial charge is 0.508 e. The number of rotatable bonds is 3. The highest BCUT2D eigenvalue weighted by Crippen LogP contribution is 2.21. The normalized spacial score (nSPS) is 10.2. The number of carbonyl (C=O) groups is 1. The number of anilines is 1. The van der Waals surface area contributed by atoms with Crippen LogP contribution in [0.3, 0.4) is 0 Å². The summed E-state index contributed by atoms with van der Waals surface area (Å²) in [6.07, 6.45) is -0.0625. The molecule has 0 heterocycles. The van der Waals surface area contributed by atoms with Gasteiger partial charge in [0.05, 0.1) is 12.1 Å². The van der Waals surface area contributed by atoms with Gasteiger partial charge < -0.3 is 15.5 Å². The SMILES string of the molecule is O=C(Cc1ccccc1O)Nc1ccc(O)cc1F. The first-order valence-corrected chi connectivity index (χ1v) is 5.61. The van der Waals surface area contributed by atoms with Crippen LogP contribution in [-0.2, 0) is 11.2 Å². The molecule has 0 aliphatic rings. The number of halogens is 1. The third-order valence-electron chi connectivity index (χ3n) is 2.57. The fourth-order valence-corrected chi connectivity index (χ4v) is 1.63. The molecule has 4 nitrogen and oxygen atoms in total. The average Bonchev–Trinajstić information content (AvgIpc) is 2.36. The minimum absolute atomic E-state index is 0.0155. The van der Waals surface area contributed by atoms with Crippen molar-refractivity contribution < 1.29 is 19.4 Å². The molecule has 0 atom stereocenters. The molecule has 0 spiro atoms. The number of nitrogens with one attached hydrogen (secondary N) is 1. The highest BCUT2D eigenvalue weighted by atomic mass is 19.1. The van der Waals surface area contributed by atoms with E-state index >= 15 is 0 Å². The van der Waals surface area contributed by atoms with Crippen LogP contribution in [-0.4, -0.2) is 16.1 Å². The van der Waals surface area contributed by atoms with E-state index in [9.17, 15) is 14.3 Å². The number of carbonyl (C=O) groups excluding carboxylic acids is 1. The van der Waals surface area contributed by atoms with Gasteiger partial charge in [0.1, 0.15) is 17.3 Å². The number of hydrogen-bond acceptors (Lipinski definition) is 3. The minimum atomic E-state index is -0.717. The Balaban J connectivity index is 2.08. The van der Waals surface area contributed by atoms with E-state index in [0.717, 1.165) is 6.07 Å². The Morgan fingerprint density at radius 3 is 2.58 bits per heavy atom. The number of benzene rings is 2. The van der Waals surface area contributed by atoms with E-state index in [1.165, 1.54) is 18.2 Å². The minimum Gasteiger partial charge on any atom is -0.508 e. The quantitative estimate of drug-likeness (QED) is 0.743. The molecule has 0 aliphatic carbocycles. The highest BCUT2D eigenvalue weighted by Gasteiger charge is 2.10. The molecule has 2 rings (SSSR count). The molecular formula is C14H12FNO3. The van der Waals surface area contributed by atoms with Crippen LogP contribution >= 0.6 is 0 Å². The molecule has 2 aromatic rings. The lowest BCUT2D eigenvalue weighted by Gasteiger charge is -2.07. The summed E-state index contributed by atoms with van der Waals surface area (Å²) in [6, 6.07) is 9.90. The Hall–Kier alpha value is -2.56. The van der Waals surface area contributed by atoms with Gasteiger partial charge in [-0.15, -0.1) is 0 Å². The lowest BCUT2D eigenvalue weighted by Crippen LogP contribution is -2.15. The molecule has 2 aromatic carbocycles. The topological polar surface area (TPSA) is 69.6 Å². The summed E-state index contributed by atoms with van der Waals surface area (Å²) in [5.74, 6) is -1.36. The number of aromatic hydroxyl groups is 2. The zero-order chi connectivity index (χ0) is 13.8. The molecule has 1 amide bonds. The average molecular weight is 261 g/mol. The molecule has 0 fully saturated rings. The lowest BCUT2D eigenvalue weighted by atomic mass is 10.1. The summed E-state index contributed by atoms with van der Waals surface area (Å²) < 4.78 is 13.4. The zero-order valence-electron chi connectivity index (χ0n) is 9.93. The Kier molecular flexibility index (Phi) is 3.66. The Bertz CT molecular complexity index is 613. The summed E-state index contributed by atoms with van der Waals surface area (Å²) in [5.41, 5.74) is 0.442. The van der Waals surface area contributed by atoms with Gasteiger partial charge in [0.2, 0.25) is 5.91 Å². The summed E-state index contributed by atoms with van der Waals surface area (Å²) in [7, 11) is 0. The van der Waals surface area contributed by atoms with E-state index in [4.69, 9.17) is 5.11 Å². The van der Waals surface area contributed by atoms with E-state index in [2.05, 4.69) is 5.32 Å². The highest BCUT2D eigenvalue weighted by molar-refractivity contribution is 5.92. The molecule has 98 valence electrons. The maximum atomic E-state index is 13.4. The maximum absolute atomic E-state index is 13.4. The van der Waals surface area contributed by atoms with E-state index in [-0.39, 0.29) is 23.6 Å². The summed E-state index contributed by atoms with van der Waals surface area (Å²) in [4.78, 5) is 11.7. The molecule has 0 bridgehead atoms.